The Labute approximate surface area is 308 Å². The number of hydrogen-bond donors (Lipinski definition) is 1. The topological polar surface area (TPSA) is 62.2 Å². The third-order valence-electron chi connectivity index (χ3n) is 10.1. The Morgan fingerprint density at radius 1 is 0.660 bits per heavy atom. The maximum absolute atomic E-state index is 12.3. The molecule has 1 saturated heterocycles. The van der Waals surface area contributed by atoms with Crippen LogP contribution in [-0.2, 0) is 16.0 Å². The van der Waals surface area contributed by atoms with Crippen LogP contribution in [0.2, 0.25) is 0 Å². The summed E-state index contributed by atoms with van der Waals surface area (Å²) in [4.78, 5) is 17.0. The molecule has 0 atom stereocenters. The fourth-order valence-corrected chi connectivity index (χ4v) is 6.89. The molecule has 1 aliphatic rings. The second-order valence-corrected chi connectivity index (χ2v) is 14.7. The van der Waals surface area contributed by atoms with Gasteiger partial charge in [-0.1, -0.05) is 148 Å². The predicted octanol–water partition coefficient (Wildman–Crippen LogP) is 10.1. The SMILES string of the molecule is CCCCCCCCCCCCCCCc1cc(C#CCOC(=O)CCCN2CCN(CCO)CC2)cc(OCCCCCCCCCC)c1. The molecule has 0 unspecified atom stereocenters. The molecule has 0 bridgehead atoms. The summed E-state index contributed by atoms with van der Waals surface area (Å²) in [7, 11) is 0. The maximum Gasteiger partial charge on any atom is 0.306 e. The fourth-order valence-electron chi connectivity index (χ4n) is 6.89. The molecule has 0 spiro atoms. The number of esters is 1. The van der Waals surface area contributed by atoms with Crippen molar-refractivity contribution in [3.05, 3.63) is 29.3 Å². The molecule has 2 rings (SSSR count). The fraction of sp³-hybridized carbons (Fsp3) is 0.795. The number of rotatable bonds is 31. The van der Waals surface area contributed by atoms with Gasteiger partial charge in [0.2, 0.25) is 0 Å². The number of nitrogens with zero attached hydrogens (tertiary/aromatic N) is 2. The average Bonchev–Trinajstić information content (AvgIpc) is 3.12. The summed E-state index contributed by atoms with van der Waals surface area (Å²) in [5.41, 5.74) is 2.24. The average molecular weight is 697 g/mol. The van der Waals surface area contributed by atoms with Crippen LogP contribution in [-0.4, -0.2) is 80.0 Å². The minimum absolute atomic E-state index is 0.121. The maximum atomic E-state index is 12.3. The summed E-state index contributed by atoms with van der Waals surface area (Å²) >= 11 is 0. The van der Waals surface area contributed by atoms with Crippen LogP contribution < -0.4 is 4.74 Å². The van der Waals surface area contributed by atoms with E-state index in [1.54, 1.807) is 0 Å². The van der Waals surface area contributed by atoms with Crippen molar-refractivity contribution in [3.8, 4) is 17.6 Å². The van der Waals surface area contributed by atoms with Crippen LogP contribution in [0.5, 0.6) is 5.75 Å². The van der Waals surface area contributed by atoms with Crippen molar-refractivity contribution in [2.75, 3.05) is 59.1 Å². The van der Waals surface area contributed by atoms with E-state index in [-0.39, 0.29) is 19.2 Å². The van der Waals surface area contributed by atoms with Gasteiger partial charge in [-0.25, -0.2) is 0 Å². The van der Waals surface area contributed by atoms with Gasteiger partial charge >= 0.3 is 5.97 Å². The second kappa shape index (κ2) is 31.6. The van der Waals surface area contributed by atoms with E-state index < -0.39 is 0 Å². The summed E-state index contributed by atoms with van der Waals surface area (Å²) in [6.07, 6.45) is 30.4. The molecule has 1 aromatic carbocycles. The molecular formula is C44H76N2O4. The normalized spacial score (nSPS) is 13.7. The smallest absolute Gasteiger partial charge is 0.306 e. The van der Waals surface area contributed by atoms with Crippen LogP contribution in [0.4, 0.5) is 0 Å². The van der Waals surface area contributed by atoms with Crippen molar-refractivity contribution in [2.24, 2.45) is 0 Å². The van der Waals surface area contributed by atoms with Gasteiger partial charge in [-0.05, 0) is 56.0 Å². The van der Waals surface area contributed by atoms with E-state index in [1.807, 2.05) is 6.07 Å². The van der Waals surface area contributed by atoms with Crippen LogP contribution in [0.3, 0.4) is 0 Å². The summed E-state index contributed by atoms with van der Waals surface area (Å²) in [6.45, 7) is 11.2. The zero-order valence-corrected chi connectivity index (χ0v) is 32.6. The molecule has 0 amide bonds. The molecule has 1 aliphatic heterocycles. The van der Waals surface area contributed by atoms with E-state index in [1.165, 1.54) is 134 Å². The van der Waals surface area contributed by atoms with Crippen molar-refractivity contribution in [1.82, 2.24) is 9.80 Å². The van der Waals surface area contributed by atoms with Gasteiger partial charge in [0, 0.05) is 44.7 Å². The zero-order valence-electron chi connectivity index (χ0n) is 32.6. The van der Waals surface area contributed by atoms with Crippen molar-refractivity contribution >= 4 is 5.97 Å². The first-order chi connectivity index (χ1) is 24.6. The number of carbonyl (C=O) groups is 1. The van der Waals surface area contributed by atoms with E-state index in [2.05, 4.69) is 47.6 Å². The number of benzene rings is 1. The molecule has 1 aromatic rings. The van der Waals surface area contributed by atoms with E-state index >= 15 is 0 Å². The summed E-state index contributed by atoms with van der Waals surface area (Å²) in [5, 5.41) is 9.12. The molecule has 6 nitrogen and oxygen atoms in total. The molecule has 1 fully saturated rings. The van der Waals surface area contributed by atoms with Crippen molar-refractivity contribution in [3.63, 3.8) is 0 Å². The molecule has 0 radical (unpaired) electrons. The van der Waals surface area contributed by atoms with Gasteiger partial charge in [0.15, 0.2) is 6.61 Å². The molecule has 1 heterocycles. The number of carbonyl (C=O) groups excluding carboxylic acids is 1. The highest BCUT2D eigenvalue weighted by Crippen LogP contribution is 2.21. The number of hydrogen-bond acceptors (Lipinski definition) is 6. The lowest BCUT2D eigenvalue weighted by atomic mass is 10.0. The Morgan fingerprint density at radius 2 is 1.18 bits per heavy atom. The van der Waals surface area contributed by atoms with E-state index in [0.29, 0.717) is 6.42 Å². The highest BCUT2D eigenvalue weighted by Gasteiger charge is 2.16. The van der Waals surface area contributed by atoms with Crippen LogP contribution in [0.25, 0.3) is 0 Å². The van der Waals surface area contributed by atoms with E-state index in [4.69, 9.17) is 14.6 Å². The highest BCUT2D eigenvalue weighted by atomic mass is 16.5. The number of aliphatic hydroxyl groups excluding tert-OH is 1. The summed E-state index contributed by atoms with van der Waals surface area (Å²) in [5.74, 6) is 7.07. The van der Waals surface area contributed by atoms with Gasteiger partial charge in [-0.15, -0.1) is 0 Å². The molecule has 0 saturated carbocycles. The molecule has 286 valence electrons. The predicted molar refractivity (Wildman–Crippen MR) is 211 cm³/mol. The largest absolute Gasteiger partial charge is 0.494 e. The highest BCUT2D eigenvalue weighted by molar-refractivity contribution is 5.69. The molecule has 0 aromatic heterocycles. The third-order valence-corrected chi connectivity index (χ3v) is 10.1. The Bertz CT molecular complexity index is 1010. The Kier molecular flexibility index (Phi) is 27.9. The number of ether oxygens (including phenoxy) is 2. The molecular weight excluding hydrogens is 620 g/mol. The van der Waals surface area contributed by atoms with Crippen LogP contribution in [0.1, 0.15) is 173 Å². The Balaban J connectivity index is 1.72. The van der Waals surface area contributed by atoms with Crippen molar-refractivity contribution in [1.29, 1.82) is 0 Å². The number of β-amino-alcohol motifs (C(OH)–C–C–N with tert-alkyl or cyclic N) is 1. The first-order valence-corrected chi connectivity index (χ1v) is 21.1. The van der Waals surface area contributed by atoms with Gasteiger partial charge in [0.1, 0.15) is 5.75 Å². The Morgan fingerprint density at radius 3 is 1.74 bits per heavy atom. The lowest BCUT2D eigenvalue weighted by molar-refractivity contribution is -0.142. The first-order valence-electron chi connectivity index (χ1n) is 21.1. The van der Waals surface area contributed by atoms with Gasteiger partial charge in [0.25, 0.3) is 0 Å². The Hall–Kier alpha value is -2.07. The first kappa shape index (κ1) is 44.1. The summed E-state index contributed by atoms with van der Waals surface area (Å²) < 4.78 is 11.7. The number of unbranched alkanes of at least 4 members (excludes halogenated alkanes) is 19. The van der Waals surface area contributed by atoms with Gasteiger partial charge < -0.3 is 19.5 Å². The van der Waals surface area contributed by atoms with E-state index in [0.717, 1.165) is 76.5 Å². The van der Waals surface area contributed by atoms with Gasteiger partial charge in [-0.2, -0.15) is 0 Å². The van der Waals surface area contributed by atoms with Gasteiger partial charge in [0.05, 0.1) is 13.2 Å². The second-order valence-electron chi connectivity index (χ2n) is 14.7. The number of piperazine rings is 1. The number of aliphatic hydroxyl groups is 1. The summed E-state index contributed by atoms with van der Waals surface area (Å²) in [6, 6.07) is 6.45. The van der Waals surface area contributed by atoms with Crippen molar-refractivity contribution in [2.45, 2.75) is 168 Å². The lowest BCUT2D eigenvalue weighted by Gasteiger charge is -2.34. The minimum atomic E-state index is -0.177. The molecule has 1 N–H and O–H groups in total. The minimum Gasteiger partial charge on any atom is -0.494 e. The monoisotopic (exact) mass is 697 g/mol. The van der Waals surface area contributed by atoms with Gasteiger partial charge in [-0.3, -0.25) is 9.69 Å². The lowest BCUT2D eigenvalue weighted by Crippen LogP contribution is -2.47. The number of aryl methyl sites for hydroxylation is 1. The molecule has 6 heteroatoms. The van der Waals surface area contributed by atoms with Crippen molar-refractivity contribution < 1.29 is 19.4 Å². The van der Waals surface area contributed by atoms with Crippen LogP contribution in [0, 0.1) is 11.8 Å². The standard InChI is InChI=1S/C44H76N2O4/c1-3-5-7-9-11-13-14-15-16-17-18-20-22-26-41-38-42(40-43(39-41)49-36-23-21-19-12-10-8-6-4-2)27-25-37-50-44(48)28-24-29-45-30-32-46(33-31-45)34-35-47/h38-40,47H,3-24,26,28-37H2,1-2H3. The van der Waals surface area contributed by atoms with Crippen LogP contribution >= 0.6 is 0 Å². The van der Waals surface area contributed by atoms with Crippen LogP contribution in [0.15, 0.2) is 18.2 Å². The molecule has 50 heavy (non-hydrogen) atoms. The molecule has 0 aliphatic carbocycles. The zero-order chi connectivity index (χ0) is 35.7. The van der Waals surface area contributed by atoms with E-state index in [9.17, 15) is 4.79 Å². The third kappa shape index (κ3) is 24.2. The quantitative estimate of drug-likeness (QED) is 0.0474.